The summed E-state index contributed by atoms with van der Waals surface area (Å²) in [5.74, 6) is 1.18. The second-order valence-corrected chi connectivity index (χ2v) is 10.3. The van der Waals surface area contributed by atoms with Crippen LogP contribution in [0.1, 0.15) is 53.7 Å². The number of rotatable bonds is 8. The van der Waals surface area contributed by atoms with Crippen LogP contribution in [0.15, 0.2) is 15.3 Å². The zero-order valence-corrected chi connectivity index (χ0v) is 18.9. The number of fused-ring (bicyclic) bond motifs is 3. The Morgan fingerprint density at radius 3 is 2.93 bits per heavy atom. The first-order valence-corrected chi connectivity index (χ1v) is 12.4. The molecule has 4 rings (SSSR count). The topological polar surface area (TPSA) is 57.0 Å². The number of ether oxygens (including phenoxy) is 1. The molecule has 0 fully saturated rings. The van der Waals surface area contributed by atoms with Gasteiger partial charge >= 0.3 is 0 Å². The molecule has 0 radical (unpaired) electrons. The van der Waals surface area contributed by atoms with Crippen molar-refractivity contribution in [2.45, 2.75) is 62.9 Å². The average Bonchev–Trinajstić information content (AvgIpc) is 3.37. The molecule has 3 aromatic rings. The van der Waals surface area contributed by atoms with Gasteiger partial charge in [-0.2, -0.15) is 0 Å². The van der Waals surface area contributed by atoms with Crippen LogP contribution in [0.4, 0.5) is 0 Å². The first-order valence-electron chi connectivity index (χ1n) is 9.69. The Morgan fingerprint density at radius 2 is 2.18 bits per heavy atom. The van der Waals surface area contributed by atoms with E-state index in [-0.39, 0.29) is 5.56 Å². The summed E-state index contributed by atoms with van der Waals surface area (Å²) in [6.07, 6.45) is 4.04. The van der Waals surface area contributed by atoms with Crippen LogP contribution >= 0.6 is 34.4 Å². The van der Waals surface area contributed by atoms with E-state index >= 15 is 0 Å². The van der Waals surface area contributed by atoms with E-state index in [1.54, 1.807) is 41.5 Å². The first kappa shape index (κ1) is 20.1. The number of thiazole rings is 1. The molecular weight excluding hydrogens is 410 g/mol. The third kappa shape index (κ3) is 3.92. The number of hydrogen-bond acceptors (Lipinski definition) is 7. The monoisotopic (exact) mass is 435 g/mol. The van der Waals surface area contributed by atoms with Gasteiger partial charge in [-0.05, 0) is 31.2 Å². The Bertz CT molecular complexity index is 1040. The molecule has 0 unspecified atom stereocenters. The van der Waals surface area contributed by atoms with Gasteiger partial charge in [0.25, 0.3) is 5.56 Å². The molecule has 3 aromatic heterocycles. The highest BCUT2D eigenvalue weighted by atomic mass is 32.2. The molecule has 0 aliphatic heterocycles. The lowest BCUT2D eigenvalue weighted by molar-refractivity contribution is 0.189. The molecule has 0 saturated carbocycles. The van der Waals surface area contributed by atoms with Gasteiger partial charge in [0.2, 0.25) is 0 Å². The van der Waals surface area contributed by atoms with Crippen LogP contribution < -0.4 is 5.56 Å². The van der Waals surface area contributed by atoms with Gasteiger partial charge in [-0.3, -0.25) is 9.36 Å². The summed E-state index contributed by atoms with van der Waals surface area (Å²) in [4.78, 5) is 25.2. The molecule has 1 aliphatic carbocycles. The van der Waals surface area contributed by atoms with Crippen LogP contribution in [-0.2, 0) is 29.9 Å². The van der Waals surface area contributed by atoms with Crippen LogP contribution in [0.3, 0.4) is 0 Å². The van der Waals surface area contributed by atoms with Crippen molar-refractivity contribution >= 4 is 44.7 Å². The van der Waals surface area contributed by atoms with E-state index in [4.69, 9.17) is 14.7 Å². The molecular formula is C20H25N3O2S3. The standard InChI is InChI=1S/C20H25N3O2S3/c1-12(2)17-21-13(10-26-17)11-27-20-22-18-16(14-6-4-7-15(14)28-18)19(24)23(20)8-5-9-25-3/h10,12H,4-9,11H2,1-3H3. The summed E-state index contributed by atoms with van der Waals surface area (Å²) in [6, 6.07) is 0. The van der Waals surface area contributed by atoms with E-state index in [1.165, 1.54) is 10.4 Å². The zero-order chi connectivity index (χ0) is 19.7. The van der Waals surface area contributed by atoms with Gasteiger partial charge in [0, 0.05) is 42.2 Å². The smallest absolute Gasteiger partial charge is 0.263 e. The number of thiophene rings is 1. The molecule has 1 aliphatic rings. The number of aryl methyl sites for hydroxylation is 2. The lowest BCUT2D eigenvalue weighted by Crippen LogP contribution is -2.24. The molecule has 0 saturated heterocycles. The van der Waals surface area contributed by atoms with Crippen molar-refractivity contribution in [3.63, 3.8) is 0 Å². The Labute approximate surface area is 177 Å². The second-order valence-electron chi connectivity index (χ2n) is 7.36. The molecule has 8 heteroatoms. The van der Waals surface area contributed by atoms with Gasteiger partial charge < -0.3 is 4.74 Å². The third-order valence-electron chi connectivity index (χ3n) is 4.93. The van der Waals surface area contributed by atoms with Gasteiger partial charge in [-0.15, -0.1) is 22.7 Å². The van der Waals surface area contributed by atoms with Crippen molar-refractivity contribution in [2.75, 3.05) is 13.7 Å². The fraction of sp³-hybridized carbons (Fsp3) is 0.550. The summed E-state index contributed by atoms with van der Waals surface area (Å²) in [5, 5.41) is 4.93. The largest absolute Gasteiger partial charge is 0.385 e. The molecule has 0 N–H and O–H groups in total. The molecule has 0 aromatic carbocycles. The predicted octanol–water partition coefficient (Wildman–Crippen LogP) is 4.86. The normalized spacial score (nSPS) is 13.7. The van der Waals surface area contributed by atoms with E-state index < -0.39 is 0 Å². The predicted molar refractivity (Wildman–Crippen MR) is 118 cm³/mol. The van der Waals surface area contributed by atoms with Crippen molar-refractivity contribution in [2.24, 2.45) is 0 Å². The quantitative estimate of drug-likeness (QED) is 0.287. The van der Waals surface area contributed by atoms with Crippen molar-refractivity contribution < 1.29 is 4.74 Å². The Kier molecular flexibility index (Phi) is 6.20. The minimum absolute atomic E-state index is 0.115. The molecule has 0 atom stereocenters. The highest BCUT2D eigenvalue weighted by Crippen LogP contribution is 2.36. The van der Waals surface area contributed by atoms with Crippen LogP contribution in [0.2, 0.25) is 0 Å². The summed E-state index contributed by atoms with van der Waals surface area (Å²) >= 11 is 5.03. The number of hydrogen-bond donors (Lipinski definition) is 0. The van der Waals surface area contributed by atoms with Gasteiger partial charge in [0.15, 0.2) is 5.16 Å². The summed E-state index contributed by atoms with van der Waals surface area (Å²) in [5.41, 5.74) is 2.42. The Balaban J connectivity index is 1.66. The maximum atomic E-state index is 13.3. The lowest BCUT2D eigenvalue weighted by atomic mass is 10.2. The number of nitrogens with zero attached hydrogens (tertiary/aromatic N) is 3. The van der Waals surface area contributed by atoms with Crippen molar-refractivity contribution in [3.8, 4) is 0 Å². The third-order valence-corrected chi connectivity index (χ3v) is 8.32. The second kappa shape index (κ2) is 8.65. The van der Waals surface area contributed by atoms with E-state index in [1.807, 2.05) is 4.57 Å². The van der Waals surface area contributed by atoms with Gasteiger partial charge in [0.05, 0.1) is 16.1 Å². The Morgan fingerprint density at radius 1 is 1.32 bits per heavy atom. The fourth-order valence-corrected chi connectivity index (χ4v) is 6.69. The molecule has 0 bridgehead atoms. The van der Waals surface area contributed by atoms with Crippen LogP contribution in [-0.4, -0.2) is 28.3 Å². The molecule has 28 heavy (non-hydrogen) atoms. The molecule has 150 valence electrons. The van der Waals surface area contributed by atoms with Crippen molar-refractivity contribution in [3.05, 3.63) is 36.9 Å². The molecule has 0 spiro atoms. The molecule has 5 nitrogen and oxygen atoms in total. The summed E-state index contributed by atoms with van der Waals surface area (Å²) in [7, 11) is 1.69. The zero-order valence-electron chi connectivity index (χ0n) is 16.5. The lowest BCUT2D eigenvalue weighted by Gasteiger charge is -2.12. The fourth-order valence-electron chi connectivity index (χ4n) is 3.53. The minimum Gasteiger partial charge on any atom is -0.385 e. The molecule has 0 amide bonds. The number of methoxy groups -OCH3 is 1. The minimum atomic E-state index is 0.115. The maximum Gasteiger partial charge on any atom is 0.263 e. The maximum absolute atomic E-state index is 13.3. The Hall–Kier alpha value is -1.22. The van der Waals surface area contributed by atoms with Gasteiger partial charge in [0.1, 0.15) is 4.83 Å². The van der Waals surface area contributed by atoms with Crippen LogP contribution in [0, 0.1) is 0 Å². The first-order chi connectivity index (χ1) is 13.6. The number of thioether (sulfide) groups is 1. The highest BCUT2D eigenvalue weighted by Gasteiger charge is 2.23. The summed E-state index contributed by atoms with van der Waals surface area (Å²) < 4.78 is 7.05. The van der Waals surface area contributed by atoms with Crippen LogP contribution in [0.25, 0.3) is 10.2 Å². The van der Waals surface area contributed by atoms with Gasteiger partial charge in [-0.1, -0.05) is 25.6 Å². The SMILES string of the molecule is COCCCn1c(SCc2csc(C(C)C)n2)nc2sc3c(c2c1=O)CCC3. The average molecular weight is 436 g/mol. The van der Waals surface area contributed by atoms with Crippen molar-refractivity contribution in [1.29, 1.82) is 0 Å². The number of aromatic nitrogens is 3. The van der Waals surface area contributed by atoms with E-state index in [0.717, 1.165) is 57.5 Å². The van der Waals surface area contributed by atoms with E-state index in [0.29, 0.717) is 19.1 Å². The van der Waals surface area contributed by atoms with Crippen molar-refractivity contribution in [1.82, 2.24) is 14.5 Å². The van der Waals surface area contributed by atoms with Crippen LogP contribution in [0.5, 0.6) is 0 Å². The molecule has 3 heterocycles. The van der Waals surface area contributed by atoms with Gasteiger partial charge in [-0.25, -0.2) is 9.97 Å². The summed E-state index contributed by atoms with van der Waals surface area (Å²) in [6.45, 7) is 5.60. The van der Waals surface area contributed by atoms with E-state index in [9.17, 15) is 4.79 Å². The highest BCUT2D eigenvalue weighted by molar-refractivity contribution is 7.98. The van der Waals surface area contributed by atoms with E-state index in [2.05, 4.69) is 19.2 Å².